The molecule has 2 aliphatic heterocycles. The number of amidine groups is 1. The second kappa shape index (κ2) is 17.2. The third-order valence-electron chi connectivity index (χ3n) is 5.44. The number of aldehydes is 1. The Hall–Kier alpha value is -2.51. The summed E-state index contributed by atoms with van der Waals surface area (Å²) in [4.78, 5) is 34.4. The van der Waals surface area contributed by atoms with E-state index in [4.69, 9.17) is 14.6 Å². The molecule has 208 valence electrons. The van der Waals surface area contributed by atoms with Crippen molar-refractivity contribution in [3.63, 3.8) is 0 Å². The number of halogens is 2. The van der Waals surface area contributed by atoms with E-state index in [1.807, 2.05) is 12.3 Å². The molecular formula is C26H34BrFN4O5S. The Morgan fingerprint density at radius 3 is 2.84 bits per heavy atom. The van der Waals surface area contributed by atoms with Crippen LogP contribution in [0.1, 0.15) is 25.3 Å². The molecule has 0 saturated carbocycles. The lowest BCUT2D eigenvalue weighted by Gasteiger charge is -2.35. The van der Waals surface area contributed by atoms with E-state index in [1.54, 1.807) is 25.3 Å². The van der Waals surface area contributed by atoms with Crippen LogP contribution in [0, 0.1) is 11.7 Å². The number of hydrogen-bond donors (Lipinski definition) is 2. The molecule has 4 rings (SSSR count). The maximum absolute atomic E-state index is 12.4. The first-order chi connectivity index (χ1) is 18.4. The summed E-state index contributed by atoms with van der Waals surface area (Å²) in [5, 5.41) is 13.0. The van der Waals surface area contributed by atoms with Crippen LogP contribution in [0.15, 0.2) is 56.6 Å². The summed E-state index contributed by atoms with van der Waals surface area (Å²) in [5.74, 6) is 0.0961. The van der Waals surface area contributed by atoms with E-state index in [0.29, 0.717) is 44.1 Å². The number of thiazole rings is 1. The van der Waals surface area contributed by atoms with E-state index >= 15 is 0 Å². The van der Waals surface area contributed by atoms with Gasteiger partial charge in [-0.05, 0) is 31.5 Å². The van der Waals surface area contributed by atoms with Crippen LogP contribution in [0.2, 0.25) is 0 Å². The summed E-state index contributed by atoms with van der Waals surface area (Å²) < 4.78 is 23.9. The van der Waals surface area contributed by atoms with Crippen LogP contribution < -0.4 is 5.32 Å². The van der Waals surface area contributed by atoms with Gasteiger partial charge in [0.15, 0.2) is 10.8 Å². The highest BCUT2D eigenvalue weighted by molar-refractivity contribution is 9.10. The van der Waals surface area contributed by atoms with Gasteiger partial charge in [-0.3, -0.25) is 9.89 Å². The molecule has 0 aliphatic carbocycles. The fraction of sp³-hybridized carbons (Fsp3) is 0.462. The van der Waals surface area contributed by atoms with Gasteiger partial charge < -0.3 is 24.7 Å². The van der Waals surface area contributed by atoms with Crippen molar-refractivity contribution in [3.8, 4) is 0 Å². The van der Waals surface area contributed by atoms with Gasteiger partial charge in [0.25, 0.3) is 0 Å². The Kier molecular flexibility index (Phi) is 14.3. The minimum Gasteiger partial charge on any atom is -0.463 e. The molecule has 0 amide bonds. The second-order valence-electron chi connectivity index (χ2n) is 8.32. The molecule has 12 heteroatoms. The van der Waals surface area contributed by atoms with E-state index < -0.39 is 0 Å². The lowest BCUT2D eigenvalue weighted by Crippen LogP contribution is -2.46. The molecule has 2 N–H and O–H groups in total. The van der Waals surface area contributed by atoms with Crippen LogP contribution in [0.3, 0.4) is 0 Å². The molecular weight excluding hydrogens is 579 g/mol. The zero-order chi connectivity index (χ0) is 27.9. The summed E-state index contributed by atoms with van der Waals surface area (Å²) in [6, 6.07) is 6.26. The molecule has 1 saturated heterocycles. The van der Waals surface area contributed by atoms with E-state index in [0.717, 1.165) is 35.1 Å². The summed E-state index contributed by atoms with van der Waals surface area (Å²) in [6.07, 6.45) is 3.40. The molecule has 1 fully saturated rings. The van der Waals surface area contributed by atoms with Crippen molar-refractivity contribution in [1.82, 2.24) is 15.2 Å². The molecule has 1 unspecified atom stereocenters. The zero-order valence-electron chi connectivity index (χ0n) is 21.7. The smallest absolute Gasteiger partial charge is 0.337 e. The normalized spacial score (nSPS) is 18.1. The molecule has 1 aromatic heterocycles. The second-order valence-corrected chi connectivity index (χ2v) is 10.1. The first-order valence-corrected chi connectivity index (χ1v) is 13.8. The number of rotatable bonds is 8. The molecule has 0 bridgehead atoms. The number of aliphatic imine (C=N–C) groups is 1. The number of aliphatic hydroxyl groups excluding tert-OH is 1. The summed E-state index contributed by atoms with van der Waals surface area (Å²) in [6.45, 7) is 6.92. The van der Waals surface area contributed by atoms with E-state index in [2.05, 4.69) is 36.1 Å². The van der Waals surface area contributed by atoms with Crippen LogP contribution in [-0.2, 0) is 19.1 Å². The number of carbonyl (C=O) groups excluding carboxylic acids is 2. The zero-order valence-corrected chi connectivity index (χ0v) is 24.1. The Labute approximate surface area is 234 Å². The number of morpholine rings is 1. The van der Waals surface area contributed by atoms with Gasteiger partial charge in [0.1, 0.15) is 12.1 Å². The lowest BCUT2D eigenvalue weighted by atomic mass is 10.0. The third kappa shape index (κ3) is 10.3. The minimum absolute atomic E-state index is 0.0104. The van der Waals surface area contributed by atoms with E-state index in [1.165, 1.54) is 23.5 Å². The average molecular weight is 614 g/mol. The monoisotopic (exact) mass is 612 g/mol. The molecule has 1 aromatic carbocycles. The predicted molar refractivity (Wildman–Crippen MR) is 149 cm³/mol. The Balaban J connectivity index is 0.000000428. The quantitative estimate of drug-likeness (QED) is 0.344. The van der Waals surface area contributed by atoms with Crippen molar-refractivity contribution in [2.24, 2.45) is 10.9 Å². The van der Waals surface area contributed by atoms with Crippen LogP contribution in [0.25, 0.3) is 0 Å². The van der Waals surface area contributed by atoms with Crippen LogP contribution in [-0.4, -0.2) is 85.7 Å². The highest BCUT2D eigenvalue weighted by Gasteiger charge is 2.28. The van der Waals surface area contributed by atoms with Crippen molar-refractivity contribution in [1.29, 1.82) is 0 Å². The van der Waals surface area contributed by atoms with Crippen molar-refractivity contribution < 1.29 is 28.6 Å². The van der Waals surface area contributed by atoms with Crippen LogP contribution in [0.4, 0.5) is 4.39 Å². The summed E-state index contributed by atoms with van der Waals surface area (Å²) in [7, 11) is 1.00. The number of benzene rings is 1. The topological polar surface area (TPSA) is 113 Å². The molecule has 2 atom stereocenters. The number of esters is 1. The number of carbonyl (C=O) groups is 2. The van der Waals surface area contributed by atoms with Gasteiger partial charge in [0, 0.05) is 54.4 Å². The van der Waals surface area contributed by atoms with Gasteiger partial charge in [-0.15, -0.1) is 11.3 Å². The molecule has 2 aromatic rings. The summed E-state index contributed by atoms with van der Waals surface area (Å²) in [5.41, 5.74) is 1.34. The lowest BCUT2D eigenvalue weighted by molar-refractivity contribution is -0.138. The fourth-order valence-electron chi connectivity index (χ4n) is 3.73. The predicted octanol–water partition coefficient (Wildman–Crippen LogP) is 3.43. The number of aromatic nitrogens is 1. The van der Waals surface area contributed by atoms with Gasteiger partial charge in [-0.25, -0.2) is 14.2 Å². The highest BCUT2D eigenvalue weighted by Crippen LogP contribution is 2.19. The van der Waals surface area contributed by atoms with Crippen LogP contribution in [0.5, 0.6) is 0 Å². The van der Waals surface area contributed by atoms with Gasteiger partial charge in [0.05, 0.1) is 31.4 Å². The van der Waals surface area contributed by atoms with Gasteiger partial charge in [-0.1, -0.05) is 28.9 Å². The fourth-order valence-corrected chi connectivity index (χ4v) is 4.71. The number of nitrogens with one attached hydrogen (secondary N) is 1. The SMILES string of the molecule is CCOC(=O)C1=C(CN2CCO[C@H](CC(C)C=O)C2)NC(c2nccs2)=NC1.CO.Fc1cccc(Br)c1. The molecule has 3 heterocycles. The molecule has 0 radical (unpaired) electrons. The highest BCUT2D eigenvalue weighted by atomic mass is 79.9. The van der Waals surface area contributed by atoms with Crippen LogP contribution >= 0.6 is 27.3 Å². The first kappa shape index (κ1) is 31.7. The average Bonchev–Trinajstić information content (AvgIpc) is 3.46. The molecule has 38 heavy (non-hydrogen) atoms. The Bertz CT molecular complexity index is 1070. The van der Waals surface area contributed by atoms with Crippen molar-refractivity contribution in [2.45, 2.75) is 26.4 Å². The number of ether oxygens (including phenoxy) is 2. The number of nitrogens with zero attached hydrogens (tertiary/aromatic N) is 3. The number of hydrogen-bond acceptors (Lipinski definition) is 10. The largest absolute Gasteiger partial charge is 0.463 e. The summed E-state index contributed by atoms with van der Waals surface area (Å²) >= 11 is 4.62. The Morgan fingerprint density at radius 2 is 2.24 bits per heavy atom. The number of aliphatic hydroxyl groups is 1. The molecule has 0 spiro atoms. The van der Waals surface area contributed by atoms with E-state index in [-0.39, 0.29) is 30.4 Å². The van der Waals surface area contributed by atoms with Crippen molar-refractivity contribution in [2.75, 3.05) is 46.5 Å². The molecule has 2 aliphatic rings. The van der Waals surface area contributed by atoms with Gasteiger partial charge in [-0.2, -0.15) is 0 Å². The van der Waals surface area contributed by atoms with E-state index in [9.17, 15) is 14.0 Å². The molecule has 9 nitrogen and oxygen atoms in total. The van der Waals surface area contributed by atoms with Gasteiger partial charge in [0.2, 0.25) is 0 Å². The maximum atomic E-state index is 12.4. The third-order valence-corrected chi connectivity index (χ3v) is 6.72. The van der Waals surface area contributed by atoms with Crippen molar-refractivity contribution >= 4 is 45.4 Å². The Morgan fingerprint density at radius 1 is 1.45 bits per heavy atom. The minimum atomic E-state index is -0.341. The van der Waals surface area contributed by atoms with Gasteiger partial charge >= 0.3 is 5.97 Å². The maximum Gasteiger partial charge on any atom is 0.337 e. The first-order valence-electron chi connectivity index (χ1n) is 12.1. The standard InChI is InChI=1S/C19H26N4O4S.C6H4BrF.CH4O/c1-3-26-19(25)15-9-21-17(18-20-4-7-28-18)22-16(15)11-23-5-6-27-14(10-23)8-13(2)12-24;7-5-2-1-3-6(8)4-5;1-2/h4,7,12-14H,3,5-6,8-11H2,1-2H3,(H,21,22);1-4H;2H,1H3/t13?,14-;;/m1../s1. The van der Waals surface area contributed by atoms with Crippen molar-refractivity contribution in [3.05, 3.63) is 62.4 Å².